The molecule has 1 nitrogen and oxygen atoms in total. The Morgan fingerprint density at radius 2 is 1.11 bits per heavy atom. The molecule has 0 aliphatic heterocycles. The summed E-state index contributed by atoms with van der Waals surface area (Å²) in [4.78, 5) is 3.64. The Balaban J connectivity index is 2.36. The summed E-state index contributed by atoms with van der Waals surface area (Å²) in [7, 11) is 0. The van der Waals surface area contributed by atoms with Gasteiger partial charge >= 0.3 is 0 Å². The lowest BCUT2D eigenvalue weighted by atomic mass is 10.2. The third-order valence-corrected chi connectivity index (χ3v) is 3.07. The van der Waals surface area contributed by atoms with Crippen molar-refractivity contribution in [2.24, 2.45) is 0 Å². The number of ether oxygens (including phenoxy) is 1. The zero-order chi connectivity index (χ0) is 13.5. The molecule has 0 bridgehead atoms. The monoisotopic (exact) mass is 378 g/mol. The highest BCUT2D eigenvalue weighted by molar-refractivity contribution is 9.11. The highest BCUT2D eigenvalue weighted by Crippen LogP contribution is 2.29. The summed E-state index contributed by atoms with van der Waals surface area (Å²) < 4.78 is 6.00. The quantitative estimate of drug-likeness (QED) is 0.613. The molecule has 0 atom stereocenters. The maximum Gasteiger partial charge on any atom is 0.134 e. The van der Waals surface area contributed by atoms with Crippen molar-refractivity contribution in [1.29, 1.82) is 0 Å². The second-order valence-corrected chi connectivity index (χ2v) is 4.82. The molecule has 0 spiro atoms. The van der Waals surface area contributed by atoms with Gasteiger partial charge in [0.2, 0.25) is 0 Å². The molecule has 2 aromatic carbocycles. The van der Waals surface area contributed by atoms with E-state index in [4.69, 9.17) is 4.74 Å². The highest BCUT2D eigenvalue weighted by atomic mass is 79.9. The van der Waals surface area contributed by atoms with Crippen LogP contribution < -0.4 is 4.74 Å². The van der Waals surface area contributed by atoms with Crippen LogP contribution in [0.5, 0.6) is 11.5 Å². The summed E-state index contributed by atoms with van der Waals surface area (Å²) >= 11 is 6.58. The Morgan fingerprint density at radius 1 is 0.684 bits per heavy atom. The summed E-state index contributed by atoms with van der Waals surface area (Å²) in [5, 5.41) is 0. The van der Waals surface area contributed by atoms with E-state index < -0.39 is 0 Å². The average molecular weight is 380 g/mol. The first-order valence-electron chi connectivity index (χ1n) is 5.74. The number of hydrogen-bond acceptors (Lipinski definition) is 1. The molecule has 3 heteroatoms. The second kappa shape index (κ2) is 7.31. The standard InChI is InChI=1S/C16H12Br2O/c17-11-9-13-5-1-3-7-15(13)19-16-8-4-2-6-14(16)10-12-18/h1-12H/b11-9-,12-10-. The number of rotatable bonds is 4. The predicted octanol–water partition coefficient (Wildman–Crippen LogP) is 6.21. The average Bonchev–Trinajstić information content (AvgIpc) is 2.44. The smallest absolute Gasteiger partial charge is 0.134 e. The van der Waals surface area contributed by atoms with Crippen LogP contribution in [0.4, 0.5) is 0 Å². The van der Waals surface area contributed by atoms with Gasteiger partial charge in [-0.05, 0) is 34.3 Å². The molecule has 0 aliphatic carbocycles. The molecule has 2 aromatic rings. The molecular formula is C16H12Br2O. The van der Waals surface area contributed by atoms with Gasteiger partial charge in [-0.15, -0.1) is 0 Å². The SMILES string of the molecule is Br/C=C\c1ccccc1Oc1ccccc1/C=C\Br. The molecule has 0 aliphatic rings. The molecule has 0 amide bonds. The molecule has 2 rings (SSSR count). The van der Waals surface area contributed by atoms with Crippen molar-refractivity contribution >= 4 is 44.0 Å². The Kier molecular flexibility index (Phi) is 5.43. The molecular weight excluding hydrogens is 368 g/mol. The van der Waals surface area contributed by atoms with Gasteiger partial charge in [-0.2, -0.15) is 0 Å². The van der Waals surface area contributed by atoms with Gasteiger partial charge in [0.1, 0.15) is 11.5 Å². The van der Waals surface area contributed by atoms with Crippen LogP contribution in [0, 0.1) is 0 Å². The molecule has 0 radical (unpaired) electrons. The fraction of sp³-hybridized carbons (Fsp3) is 0. The van der Waals surface area contributed by atoms with Crippen LogP contribution >= 0.6 is 31.9 Å². The van der Waals surface area contributed by atoms with E-state index in [9.17, 15) is 0 Å². The van der Waals surface area contributed by atoms with E-state index in [1.54, 1.807) is 0 Å². The topological polar surface area (TPSA) is 9.23 Å². The van der Waals surface area contributed by atoms with Crippen molar-refractivity contribution in [1.82, 2.24) is 0 Å². The van der Waals surface area contributed by atoms with Gasteiger partial charge in [-0.25, -0.2) is 0 Å². The van der Waals surface area contributed by atoms with Gasteiger partial charge in [-0.3, -0.25) is 0 Å². The summed E-state index contributed by atoms with van der Waals surface area (Å²) in [6.45, 7) is 0. The molecule has 19 heavy (non-hydrogen) atoms. The largest absolute Gasteiger partial charge is 0.456 e. The second-order valence-electron chi connectivity index (χ2n) is 3.76. The lowest BCUT2D eigenvalue weighted by Gasteiger charge is -2.11. The number of para-hydroxylation sites is 2. The van der Waals surface area contributed by atoms with E-state index in [2.05, 4.69) is 31.9 Å². The molecule has 0 saturated heterocycles. The molecule has 0 fully saturated rings. The fourth-order valence-electron chi connectivity index (χ4n) is 1.68. The predicted molar refractivity (Wildman–Crippen MR) is 88.9 cm³/mol. The van der Waals surface area contributed by atoms with Crippen molar-refractivity contribution in [2.75, 3.05) is 0 Å². The minimum absolute atomic E-state index is 0.827. The van der Waals surface area contributed by atoms with E-state index in [1.165, 1.54) is 0 Å². The lowest BCUT2D eigenvalue weighted by molar-refractivity contribution is 0.480. The van der Waals surface area contributed by atoms with Gasteiger partial charge in [0.15, 0.2) is 0 Å². The van der Waals surface area contributed by atoms with Crippen molar-refractivity contribution < 1.29 is 4.74 Å². The maximum absolute atomic E-state index is 6.00. The van der Waals surface area contributed by atoms with Gasteiger partial charge in [0.25, 0.3) is 0 Å². The Bertz CT molecular complexity index is 550. The summed E-state index contributed by atoms with van der Waals surface area (Å²) in [6.07, 6.45) is 3.91. The van der Waals surface area contributed by atoms with E-state index in [0.29, 0.717) is 0 Å². The van der Waals surface area contributed by atoms with Gasteiger partial charge in [-0.1, -0.05) is 68.3 Å². The van der Waals surface area contributed by atoms with E-state index in [-0.39, 0.29) is 0 Å². The Hall–Kier alpha value is -1.32. The maximum atomic E-state index is 6.00. The molecule has 96 valence electrons. The van der Waals surface area contributed by atoms with Crippen LogP contribution in [0.1, 0.15) is 11.1 Å². The molecule has 0 N–H and O–H groups in total. The molecule has 0 heterocycles. The van der Waals surface area contributed by atoms with E-state index in [0.717, 1.165) is 22.6 Å². The zero-order valence-electron chi connectivity index (χ0n) is 10.1. The normalized spacial score (nSPS) is 11.3. The van der Waals surface area contributed by atoms with Crippen molar-refractivity contribution in [3.05, 3.63) is 69.6 Å². The third kappa shape index (κ3) is 3.82. The van der Waals surface area contributed by atoms with Crippen LogP contribution in [0.25, 0.3) is 12.2 Å². The summed E-state index contributed by atoms with van der Waals surface area (Å²) in [5.41, 5.74) is 2.05. The van der Waals surface area contributed by atoms with Crippen LogP contribution in [0.15, 0.2) is 58.5 Å². The number of halogens is 2. The van der Waals surface area contributed by atoms with Crippen molar-refractivity contribution in [3.8, 4) is 11.5 Å². The first kappa shape index (κ1) is 14.1. The molecule has 0 unspecified atom stereocenters. The van der Waals surface area contributed by atoms with Crippen LogP contribution in [0.3, 0.4) is 0 Å². The summed E-state index contributed by atoms with van der Waals surface area (Å²) in [6, 6.07) is 15.8. The molecule has 0 saturated carbocycles. The first-order chi connectivity index (χ1) is 9.35. The first-order valence-corrected chi connectivity index (χ1v) is 7.57. The van der Waals surface area contributed by atoms with Gasteiger partial charge < -0.3 is 4.74 Å². The minimum Gasteiger partial charge on any atom is -0.456 e. The molecule has 0 aromatic heterocycles. The van der Waals surface area contributed by atoms with E-state index >= 15 is 0 Å². The van der Waals surface area contributed by atoms with Crippen LogP contribution in [0.2, 0.25) is 0 Å². The highest BCUT2D eigenvalue weighted by Gasteiger charge is 2.04. The lowest BCUT2D eigenvalue weighted by Crippen LogP contribution is -1.89. The third-order valence-electron chi connectivity index (χ3n) is 2.54. The number of hydrogen-bond donors (Lipinski definition) is 0. The van der Waals surface area contributed by atoms with E-state index in [1.807, 2.05) is 70.7 Å². The van der Waals surface area contributed by atoms with Crippen LogP contribution in [-0.2, 0) is 0 Å². The fourth-order valence-corrected chi connectivity index (χ4v) is 2.25. The Morgan fingerprint density at radius 3 is 1.53 bits per heavy atom. The minimum atomic E-state index is 0.827. The summed E-state index contributed by atoms with van der Waals surface area (Å²) in [5.74, 6) is 1.65. The van der Waals surface area contributed by atoms with Crippen molar-refractivity contribution in [3.63, 3.8) is 0 Å². The van der Waals surface area contributed by atoms with Gasteiger partial charge in [0, 0.05) is 11.1 Å². The van der Waals surface area contributed by atoms with Crippen LogP contribution in [-0.4, -0.2) is 0 Å². The van der Waals surface area contributed by atoms with Gasteiger partial charge in [0.05, 0.1) is 0 Å². The zero-order valence-corrected chi connectivity index (χ0v) is 13.3. The number of benzene rings is 2. The Labute approximate surface area is 129 Å². The van der Waals surface area contributed by atoms with Crippen molar-refractivity contribution in [2.45, 2.75) is 0 Å².